The summed E-state index contributed by atoms with van der Waals surface area (Å²) in [6.45, 7) is 4.12. The van der Waals surface area contributed by atoms with Gasteiger partial charge in [0, 0.05) is 4.90 Å². The van der Waals surface area contributed by atoms with Crippen molar-refractivity contribution in [2.24, 2.45) is 5.73 Å². The van der Waals surface area contributed by atoms with E-state index in [4.69, 9.17) is 5.73 Å². The molecule has 0 saturated heterocycles. The van der Waals surface area contributed by atoms with Crippen LogP contribution in [0, 0.1) is 0 Å². The van der Waals surface area contributed by atoms with Crippen molar-refractivity contribution in [2.75, 3.05) is 12.3 Å². The van der Waals surface area contributed by atoms with Crippen molar-refractivity contribution >= 4 is 30.1 Å². The number of carbonyl (C=O) groups is 1. The van der Waals surface area contributed by atoms with Gasteiger partial charge >= 0.3 is 0 Å². The average Bonchev–Trinajstić information content (AvgIpc) is 2.30. The number of benzene rings is 1. The van der Waals surface area contributed by atoms with Gasteiger partial charge in [-0.3, -0.25) is 4.79 Å². The molecule has 0 aromatic heterocycles. The van der Waals surface area contributed by atoms with Gasteiger partial charge in [0.25, 0.3) is 0 Å². The summed E-state index contributed by atoms with van der Waals surface area (Å²) in [6, 6.07) is 8.25. The van der Waals surface area contributed by atoms with Crippen molar-refractivity contribution in [1.29, 1.82) is 0 Å². The zero-order valence-electron chi connectivity index (χ0n) is 10.1. The predicted octanol–water partition coefficient (Wildman–Crippen LogP) is 2.36. The highest BCUT2D eigenvalue weighted by molar-refractivity contribution is 7.99. The van der Waals surface area contributed by atoms with Gasteiger partial charge in [0.05, 0.1) is 12.6 Å². The molecule has 0 aliphatic rings. The molecule has 1 aromatic carbocycles. The van der Waals surface area contributed by atoms with Gasteiger partial charge in [-0.2, -0.15) is 0 Å². The van der Waals surface area contributed by atoms with Crippen molar-refractivity contribution < 1.29 is 4.79 Å². The molecule has 0 aliphatic carbocycles. The molecule has 0 radical (unpaired) electrons. The molecule has 1 aromatic rings. The van der Waals surface area contributed by atoms with Crippen LogP contribution in [-0.2, 0) is 4.79 Å². The lowest BCUT2D eigenvalue weighted by Crippen LogP contribution is -2.32. The van der Waals surface area contributed by atoms with Gasteiger partial charge in [-0.1, -0.05) is 19.1 Å². The molecule has 1 atom stereocenters. The first kappa shape index (κ1) is 16.3. The fourth-order valence-electron chi connectivity index (χ4n) is 1.40. The topological polar surface area (TPSA) is 55.1 Å². The van der Waals surface area contributed by atoms with E-state index in [-0.39, 0.29) is 30.9 Å². The quantitative estimate of drug-likeness (QED) is 0.811. The van der Waals surface area contributed by atoms with Crippen molar-refractivity contribution in [3.63, 3.8) is 0 Å². The number of halogens is 1. The number of hydrogen-bond acceptors (Lipinski definition) is 3. The summed E-state index contributed by atoms with van der Waals surface area (Å²) < 4.78 is 0. The number of nitrogens with two attached hydrogens (primary N) is 1. The van der Waals surface area contributed by atoms with Crippen LogP contribution >= 0.6 is 24.2 Å². The molecule has 5 heteroatoms. The van der Waals surface area contributed by atoms with Crippen LogP contribution in [0.2, 0.25) is 0 Å². The number of carbonyl (C=O) groups excluding carboxylic acids is 1. The monoisotopic (exact) mass is 274 g/mol. The summed E-state index contributed by atoms with van der Waals surface area (Å²) in [7, 11) is 0. The number of hydrogen-bond donors (Lipinski definition) is 2. The largest absolute Gasteiger partial charge is 0.348 e. The van der Waals surface area contributed by atoms with Crippen LogP contribution in [0.1, 0.15) is 25.5 Å². The number of nitrogens with one attached hydrogen (secondary N) is 1. The molecule has 1 amide bonds. The molecule has 3 N–H and O–H groups in total. The van der Waals surface area contributed by atoms with Crippen molar-refractivity contribution in [3.8, 4) is 0 Å². The smallest absolute Gasteiger partial charge is 0.234 e. The van der Waals surface area contributed by atoms with E-state index < -0.39 is 0 Å². The summed E-state index contributed by atoms with van der Waals surface area (Å²) in [5, 5.41) is 2.83. The fourth-order valence-corrected chi connectivity index (χ4v) is 2.07. The first-order chi connectivity index (χ1) is 7.67. The Morgan fingerprint density at radius 1 is 1.41 bits per heavy atom. The molecule has 0 spiro atoms. The van der Waals surface area contributed by atoms with E-state index in [1.165, 1.54) is 4.90 Å². The fraction of sp³-hybridized carbons (Fsp3) is 0.417. The Kier molecular flexibility index (Phi) is 8.04. The zero-order valence-corrected chi connectivity index (χ0v) is 11.7. The van der Waals surface area contributed by atoms with Gasteiger partial charge < -0.3 is 11.1 Å². The predicted molar refractivity (Wildman–Crippen MR) is 75.7 cm³/mol. The van der Waals surface area contributed by atoms with Crippen LogP contribution in [0.4, 0.5) is 0 Å². The second-order valence-electron chi connectivity index (χ2n) is 3.50. The zero-order chi connectivity index (χ0) is 12.0. The van der Waals surface area contributed by atoms with Gasteiger partial charge in [-0.25, -0.2) is 0 Å². The van der Waals surface area contributed by atoms with Crippen molar-refractivity contribution in [3.05, 3.63) is 29.8 Å². The minimum atomic E-state index is -0.125. The normalized spacial score (nSPS) is 11.5. The van der Waals surface area contributed by atoms with E-state index in [9.17, 15) is 4.79 Å². The Morgan fingerprint density at radius 3 is 2.47 bits per heavy atom. The molecule has 0 heterocycles. The van der Waals surface area contributed by atoms with Crippen molar-refractivity contribution in [1.82, 2.24) is 5.32 Å². The van der Waals surface area contributed by atoms with Gasteiger partial charge in [-0.15, -0.1) is 24.2 Å². The molecule has 0 bridgehead atoms. The maximum Gasteiger partial charge on any atom is 0.234 e. The lowest BCUT2D eigenvalue weighted by molar-refractivity contribution is -0.120. The van der Waals surface area contributed by atoms with Crippen LogP contribution < -0.4 is 11.1 Å². The van der Waals surface area contributed by atoms with Crippen LogP contribution in [0.15, 0.2) is 29.2 Å². The summed E-state index contributed by atoms with van der Waals surface area (Å²) >= 11 is 1.81. The minimum Gasteiger partial charge on any atom is -0.348 e. The van der Waals surface area contributed by atoms with E-state index in [0.29, 0.717) is 0 Å². The molecule has 17 heavy (non-hydrogen) atoms. The maximum atomic E-state index is 11.1. The third-order valence-corrected chi connectivity index (χ3v) is 3.15. The van der Waals surface area contributed by atoms with Gasteiger partial charge in [-0.05, 0) is 30.4 Å². The SMILES string of the molecule is CCSc1ccc(C(C)NC(=O)CN)cc1.Cl. The highest BCUT2D eigenvalue weighted by atomic mass is 35.5. The molecule has 0 aliphatic heterocycles. The summed E-state index contributed by atoms with van der Waals surface area (Å²) in [5.74, 6) is 0.943. The molecule has 0 fully saturated rings. The Morgan fingerprint density at radius 2 is 2.00 bits per heavy atom. The van der Waals surface area contributed by atoms with E-state index in [0.717, 1.165) is 11.3 Å². The Hall–Kier alpha value is -0.710. The average molecular weight is 275 g/mol. The molecular formula is C12H19ClN2OS. The summed E-state index contributed by atoms with van der Waals surface area (Å²) in [4.78, 5) is 12.4. The Labute approximate surface area is 113 Å². The minimum absolute atomic E-state index is 0. The number of thioether (sulfide) groups is 1. The first-order valence-corrected chi connectivity index (χ1v) is 6.38. The molecule has 1 rings (SSSR count). The summed E-state index contributed by atoms with van der Waals surface area (Å²) in [6.07, 6.45) is 0. The van der Waals surface area contributed by atoms with E-state index in [1.807, 2.05) is 19.1 Å². The van der Waals surface area contributed by atoms with Crippen LogP contribution in [0.3, 0.4) is 0 Å². The lowest BCUT2D eigenvalue weighted by Gasteiger charge is -2.13. The van der Waals surface area contributed by atoms with E-state index in [1.54, 1.807) is 11.8 Å². The van der Waals surface area contributed by atoms with Crippen molar-refractivity contribution in [2.45, 2.75) is 24.8 Å². The standard InChI is InChI=1S/C12H18N2OS.ClH/c1-3-16-11-6-4-10(5-7-11)9(2)14-12(15)8-13;/h4-7,9H,3,8,13H2,1-2H3,(H,14,15);1H. The van der Waals surface area contributed by atoms with Crippen LogP contribution in [-0.4, -0.2) is 18.2 Å². The van der Waals surface area contributed by atoms with Gasteiger partial charge in [0.1, 0.15) is 0 Å². The van der Waals surface area contributed by atoms with E-state index in [2.05, 4.69) is 24.4 Å². The second-order valence-corrected chi connectivity index (χ2v) is 4.83. The number of amides is 1. The summed E-state index contributed by atoms with van der Waals surface area (Å²) in [5.41, 5.74) is 6.35. The second kappa shape index (κ2) is 8.39. The van der Waals surface area contributed by atoms with Gasteiger partial charge in [0.15, 0.2) is 0 Å². The van der Waals surface area contributed by atoms with Crippen LogP contribution in [0.25, 0.3) is 0 Å². The molecule has 96 valence electrons. The van der Waals surface area contributed by atoms with Crippen LogP contribution in [0.5, 0.6) is 0 Å². The maximum absolute atomic E-state index is 11.1. The lowest BCUT2D eigenvalue weighted by atomic mass is 10.1. The first-order valence-electron chi connectivity index (χ1n) is 5.39. The molecule has 0 saturated carbocycles. The molecule has 3 nitrogen and oxygen atoms in total. The Balaban J connectivity index is 0.00000256. The van der Waals surface area contributed by atoms with E-state index >= 15 is 0 Å². The third kappa shape index (κ3) is 5.44. The highest BCUT2D eigenvalue weighted by Crippen LogP contribution is 2.20. The Bertz CT molecular complexity index is 343. The molecule has 1 unspecified atom stereocenters. The third-order valence-electron chi connectivity index (χ3n) is 2.25. The molecular weight excluding hydrogens is 256 g/mol. The highest BCUT2D eigenvalue weighted by Gasteiger charge is 2.07. The van der Waals surface area contributed by atoms with Gasteiger partial charge in [0.2, 0.25) is 5.91 Å². The number of rotatable bonds is 5.